The summed E-state index contributed by atoms with van der Waals surface area (Å²) in [7, 11) is 0. The fourth-order valence-electron chi connectivity index (χ4n) is 5.09. The summed E-state index contributed by atoms with van der Waals surface area (Å²) in [4.78, 5) is 19.3. The molecule has 2 aliphatic rings. The van der Waals surface area contributed by atoms with E-state index in [0.29, 0.717) is 12.3 Å². The van der Waals surface area contributed by atoms with Crippen molar-refractivity contribution in [3.63, 3.8) is 0 Å². The summed E-state index contributed by atoms with van der Waals surface area (Å²) in [6, 6.07) is 10.1. The molecule has 2 aliphatic heterocycles. The van der Waals surface area contributed by atoms with Gasteiger partial charge in [0.25, 0.3) is 0 Å². The molecule has 0 radical (unpaired) electrons. The number of anilines is 1. The molecule has 0 unspecified atom stereocenters. The van der Waals surface area contributed by atoms with Crippen molar-refractivity contribution < 1.29 is 28.8 Å². The second-order valence-corrected chi connectivity index (χ2v) is 10.8. The first kappa shape index (κ1) is 25.2. The van der Waals surface area contributed by atoms with E-state index in [2.05, 4.69) is 10.1 Å². The lowest BCUT2D eigenvalue weighted by Gasteiger charge is -2.35. The number of hydrogen-bond acceptors (Lipinski definition) is 9. The van der Waals surface area contributed by atoms with Crippen molar-refractivity contribution in [3.05, 3.63) is 54.0 Å². The molecule has 2 saturated heterocycles. The molecular weight excluding hydrogens is 478 g/mol. The van der Waals surface area contributed by atoms with Crippen LogP contribution in [-0.2, 0) is 25.6 Å². The maximum absolute atomic E-state index is 13.7. The number of fused-ring (bicyclic) bond motifs is 2. The average Bonchev–Trinajstić information content (AvgIpc) is 3.40. The first-order valence-electron chi connectivity index (χ1n) is 12.2. The van der Waals surface area contributed by atoms with E-state index < -0.39 is 41.8 Å². The van der Waals surface area contributed by atoms with Crippen molar-refractivity contribution in [1.82, 2.24) is 19.5 Å². The van der Waals surface area contributed by atoms with Gasteiger partial charge in [0.1, 0.15) is 41.4 Å². The van der Waals surface area contributed by atoms with Crippen LogP contribution in [-0.4, -0.2) is 66.9 Å². The van der Waals surface area contributed by atoms with Gasteiger partial charge in [-0.2, -0.15) is 5.10 Å². The summed E-state index contributed by atoms with van der Waals surface area (Å²) in [6.45, 7) is 9.62. The third-order valence-corrected chi connectivity index (χ3v) is 6.41. The van der Waals surface area contributed by atoms with Gasteiger partial charge in [-0.05, 0) is 40.2 Å². The quantitative estimate of drug-likeness (QED) is 0.528. The Morgan fingerprint density at radius 2 is 1.89 bits per heavy atom. The van der Waals surface area contributed by atoms with Crippen LogP contribution in [0.2, 0.25) is 0 Å². The number of amides is 1. The van der Waals surface area contributed by atoms with Crippen molar-refractivity contribution in [1.29, 1.82) is 0 Å². The molecule has 11 nitrogen and oxygen atoms in total. The normalized spacial score (nSPS) is 24.9. The molecule has 4 atom stereocenters. The minimum Gasteiger partial charge on any atom is -0.505 e. The molecule has 2 fully saturated rings. The van der Waals surface area contributed by atoms with Crippen LogP contribution in [0, 0.1) is 0 Å². The number of likely N-dealkylation sites (tertiary alicyclic amines) is 1. The molecule has 4 heterocycles. The lowest BCUT2D eigenvalue weighted by molar-refractivity contribution is -0.170. The van der Waals surface area contributed by atoms with Crippen molar-refractivity contribution in [2.24, 2.45) is 0 Å². The molecule has 0 bridgehead atoms. The van der Waals surface area contributed by atoms with Gasteiger partial charge in [0.2, 0.25) is 0 Å². The van der Waals surface area contributed by atoms with E-state index in [4.69, 9.17) is 24.7 Å². The van der Waals surface area contributed by atoms with Gasteiger partial charge in [-0.25, -0.2) is 14.3 Å². The van der Waals surface area contributed by atoms with Crippen LogP contribution in [0.4, 0.5) is 10.6 Å². The van der Waals surface area contributed by atoms with Gasteiger partial charge in [-0.3, -0.25) is 4.90 Å². The van der Waals surface area contributed by atoms with Crippen LogP contribution in [0.1, 0.15) is 51.9 Å². The number of carbonyl (C=O) groups excluding carboxylic acids is 1. The van der Waals surface area contributed by atoms with E-state index >= 15 is 0 Å². The van der Waals surface area contributed by atoms with Crippen molar-refractivity contribution in [2.75, 3.05) is 12.3 Å². The molecule has 3 aromatic rings. The Hall–Kier alpha value is -3.41. The number of nitrogens with two attached hydrogens (primary N) is 1. The second-order valence-electron chi connectivity index (χ2n) is 10.8. The highest BCUT2D eigenvalue weighted by molar-refractivity contribution is 5.75. The number of benzene rings is 1. The summed E-state index contributed by atoms with van der Waals surface area (Å²) in [5, 5.41) is 15.0. The Morgan fingerprint density at radius 3 is 2.59 bits per heavy atom. The molecule has 1 aromatic carbocycles. The number of carbonyl (C=O) groups is 1. The number of aromatic nitrogens is 3. The van der Waals surface area contributed by atoms with Gasteiger partial charge in [-0.1, -0.05) is 30.3 Å². The SMILES string of the molecule is CC(C)(C)OC(=O)N1[C@H](COCc2ccccc2)[C@H]2OC(C)(C)O[C@H]2[C@@H]1c1cc(O)c2c(N)ncnn12. The highest BCUT2D eigenvalue weighted by Crippen LogP contribution is 2.49. The largest absolute Gasteiger partial charge is 0.505 e. The van der Waals surface area contributed by atoms with E-state index in [0.717, 1.165) is 5.56 Å². The first-order valence-corrected chi connectivity index (χ1v) is 12.2. The van der Waals surface area contributed by atoms with Crippen molar-refractivity contribution >= 4 is 17.4 Å². The average molecular weight is 512 g/mol. The highest BCUT2D eigenvalue weighted by atomic mass is 16.8. The summed E-state index contributed by atoms with van der Waals surface area (Å²) < 4.78 is 26.1. The number of rotatable bonds is 5. The van der Waals surface area contributed by atoms with Gasteiger partial charge < -0.3 is 29.8 Å². The minimum atomic E-state index is -0.894. The van der Waals surface area contributed by atoms with E-state index in [9.17, 15) is 9.90 Å². The molecule has 0 aliphatic carbocycles. The number of hydrogen-bond donors (Lipinski definition) is 2. The summed E-state index contributed by atoms with van der Waals surface area (Å²) in [5.41, 5.74) is 7.04. The third-order valence-electron chi connectivity index (χ3n) is 6.41. The Balaban J connectivity index is 1.56. The predicted molar refractivity (Wildman–Crippen MR) is 134 cm³/mol. The van der Waals surface area contributed by atoms with Crippen molar-refractivity contribution in [2.45, 2.75) is 76.9 Å². The van der Waals surface area contributed by atoms with Gasteiger partial charge >= 0.3 is 6.09 Å². The highest BCUT2D eigenvalue weighted by Gasteiger charge is 2.61. The van der Waals surface area contributed by atoms with Crippen LogP contribution in [0.3, 0.4) is 0 Å². The topological polar surface area (TPSA) is 134 Å². The number of aromatic hydroxyl groups is 1. The molecule has 0 saturated carbocycles. The molecule has 198 valence electrons. The van der Waals surface area contributed by atoms with Gasteiger partial charge in [0.15, 0.2) is 11.6 Å². The lowest BCUT2D eigenvalue weighted by Crippen LogP contribution is -2.47. The Bertz CT molecular complexity index is 1290. The Morgan fingerprint density at radius 1 is 1.19 bits per heavy atom. The van der Waals surface area contributed by atoms with E-state index in [1.165, 1.54) is 16.9 Å². The minimum absolute atomic E-state index is 0.101. The molecular formula is C26H33N5O6. The van der Waals surface area contributed by atoms with Crippen LogP contribution >= 0.6 is 0 Å². The van der Waals surface area contributed by atoms with Crippen LogP contribution in [0.25, 0.3) is 5.52 Å². The van der Waals surface area contributed by atoms with Crippen LogP contribution < -0.4 is 5.73 Å². The predicted octanol–water partition coefficient (Wildman–Crippen LogP) is 3.41. The maximum atomic E-state index is 13.7. The van der Waals surface area contributed by atoms with Crippen LogP contribution in [0.5, 0.6) is 5.75 Å². The fourth-order valence-corrected chi connectivity index (χ4v) is 5.09. The zero-order valence-electron chi connectivity index (χ0n) is 21.6. The third kappa shape index (κ3) is 4.81. The second kappa shape index (κ2) is 9.16. The van der Waals surface area contributed by atoms with Gasteiger partial charge in [-0.15, -0.1) is 0 Å². The Labute approximate surface area is 215 Å². The number of nitrogens with zero attached hydrogens (tertiary/aromatic N) is 4. The van der Waals surface area contributed by atoms with E-state index in [1.807, 2.05) is 44.2 Å². The monoisotopic (exact) mass is 511 g/mol. The molecule has 2 aromatic heterocycles. The van der Waals surface area contributed by atoms with E-state index in [-0.39, 0.29) is 23.7 Å². The Kier molecular flexibility index (Phi) is 6.25. The first-order chi connectivity index (χ1) is 17.5. The van der Waals surface area contributed by atoms with E-state index in [1.54, 1.807) is 25.7 Å². The molecule has 0 spiro atoms. The number of ether oxygens (including phenoxy) is 4. The summed E-state index contributed by atoms with van der Waals surface area (Å²) in [5.74, 6) is -0.881. The van der Waals surface area contributed by atoms with Crippen molar-refractivity contribution in [3.8, 4) is 5.75 Å². The maximum Gasteiger partial charge on any atom is 0.411 e. The smallest absolute Gasteiger partial charge is 0.411 e. The lowest BCUT2D eigenvalue weighted by atomic mass is 10.1. The molecule has 3 N–H and O–H groups in total. The summed E-state index contributed by atoms with van der Waals surface area (Å²) in [6.07, 6.45) is -0.357. The molecule has 37 heavy (non-hydrogen) atoms. The molecule has 11 heteroatoms. The van der Waals surface area contributed by atoms with Gasteiger partial charge in [0, 0.05) is 6.07 Å². The zero-order valence-corrected chi connectivity index (χ0v) is 21.6. The fraction of sp³-hybridized carbons (Fsp3) is 0.500. The number of nitrogen functional groups attached to an aromatic ring is 1. The molecule has 1 amide bonds. The standard InChI is InChI=1S/C26H33N5O6/c1-25(2,3)37-24(33)30-17(13-34-12-15-9-7-6-8-10-15)21-22(36-26(4,5)35-21)19(30)16-11-18(32)20-23(27)28-14-29-31(16)20/h6-11,14,17,19,21-22,32H,12-13H2,1-5H3,(H2,27,28,29)/t17-,19+,21-,22+/m1/s1. The van der Waals surface area contributed by atoms with Gasteiger partial charge in [0.05, 0.1) is 24.9 Å². The molecule has 5 rings (SSSR count). The van der Waals surface area contributed by atoms with Crippen LogP contribution in [0.15, 0.2) is 42.7 Å². The zero-order chi connectivity index (χ0) is 26.5. The summed E-state index contributed by atoms with van der Waals surface area (Å²) >= 11 is 0.